The van der Waals surface area contributed by atoms with Crippen LogP contribution in [-0.4, -0.2) is 34.3 Å². The molecule has 0 bridgehead atoms. The lowest BCUT2D eigenvalue weighted by atomic mass is 10.4. The van der Waals surface area contributed by atoms with E-state index in [1.807, 2.05) is 19.3 Å². The Hall–Kier alpha value is -2.97. The number of anilines is 2. The van der Waals surface area contributed by atoms with Gasteiger partial charge in [0, 0.05) is 25.6 Å². The normalized spacial score (nSPS) is 10.7. The summed E-state index contributed by atoms with van der Waals surface area (Å²) >= 11 is 0. The second-order valence-electron chi connectivity index (χ2n) is 4.12. The van der Waals surface area contributed by atoms with Gasteiger partial charge in [0.1, 0.15) is 6.33 Å². The van der Waals surface area contributed by atoms with Crippen molar-refractivity contribution in [3.63, 3.8) is 0 Å². The number of nitrogens with two attached hydrogens (primary N) is 1. The predicted molar refractivity (Wildman–Crippen MR) is 71.9 cm³/mol. The molecule has 20 heavy (non-hydrogen) atoms. The zero-order valence-corrected chi connectivity index (χ0v) is 10.8. The number of nitrogen functional groups attached to an aromatic ring is 1. The van der Waals surface area contributed by atoms with Gasteiger partial charge in [-0.15, -0.1) is 0 Å². The Balaban J connectivity index is 1.79. The van der Waals surface area contributed by atoms with Gasteiger partial charge in [0.05, 0.1) is 12.2 Å². The van der Waals surface area contributed by atoms with Crippen LogP contribution in [0.1, 0.15) is 5.69 Å². The molecule has 3 rings (SSSR count). The van der Waals surface area contributed by atoms with E-state index < -0.39 is 0 Å². The molecule has 3 aromatic heterocycles. The summed E-state index contributed by atoms with van der Waals surface area (Å²) in [5.41, 5.74) is 6.57. The van der Waals surface area contributed by atoms with E-state index in [0.717, 1.165) is 5.69 Å². The van der Waals surface area contributed by atoms with Crippen LogP contribution >= 0.6 is 0 Å². The van der Waals surface area contributed by atoms with Crippen molar-refractivity contribution >= 4 is 11.9 Å². The van der Waals surface area contributed by atoms with Crippen molar-refractivity contribution in [2.24, 2.45) is 7.05 Å². The molecule has 0 aromatic carbocycles. The van der Waals surface area contributed by atoms with Gasteiger partial charge in [0.2, 0.25) is 17.8 Å². The van der Waals surface area contributed by atoms with E-state index in [4.69, 9.17) is 5.73 Å². The van der Waals surface area contributed by atoms with Gasteiger partial charge in [-0.1, -0.05) is 0 Å². The van der Waals surface area contributed by atoms with Crippen molar-refractivity contribution in [1.29, 1.82) is 0 Å². The van der Waals surface area contributed by atoms with Gasteiger partial charge in [0.15, 0.2) is 0 Å². The van der Waals surface area contributed by atoms with Crippen LogP contribution in [-0.2, 0) is 13.6 Å². The molecule has 0 aliphatic heterocycles. The van der Waals surface area contributed by atoms with Gasteiger partial charge in [-0.25, -0.2) is 4.98 Å². The van der Waals surface area contributed by atoms with E-state index in [-0.39, 0.29) is 5.95 Å². The number of imidazole rings is 1. The lowest BCUT2D eigenvalue weighted by molar-refractivity contribution is 0.746. The van der Waals surface area contributed by atoms with Crippen molar-refractivity contribution in [2.75, 3.05) is 11.1 Å². The Morgan fingerprint density at radius 1 is 1.25 bits per heavy atom. The zero-order valence-electron chi connectivity index (χ0n) is 10.8. The summed E-state index contributed by atoms with van der Waals surface area (Å²) < 4.78 is 3.39. The highest BCUT2D eigenvalue weighted by molar-refractivity contribution is 5.35. The summed E-state index contributed by atoms with van der Waals surface area (Å²) in [6, 6.07) is 1.91. The summed E-state index contributed by atoms with van der Waals surface area (Å²) in [7, 11) is 1.86. The van der Waals surface area contributed by atoms with Crippen LogP contribution in [0.2, 0.25) is 0 Å². The predicted octanol–water partition coefficient (Wildman–Crippen LogP) is -0.0149. The standard InChI is InChI=1S/C11H13N9/c1-19-4-2-8(18-19)6-14-10-15-9(12)16-11(17-10)20-5-3-13-7-20/h2-5,7H,6H2,1H3,(H3,12,14,15,16,17). The minimum absolute atomic E-state index is 0.146. The Morgan fingerprint density at radius 2 is 2.15 bits per heavy atom. The summed E-state index contributed by atoms with van der Waals surface area (Å²) in [5, 5.41) is 7.32. The second-order valence-corrected chi connectivity index (χ2v) is 4.12. The number of nitrogens with one attached hydrogen (secondary N) is 1. The molecule has 0 radical (unpaired) electrons. The number of aromatic nitrogens is 7. The molecule has 3 N–H and O–H groups in total. The third-order valence-electron chi connectivity index (χ3n) is 2.57. The molecule has 102 valence electrons. The van der Waals surface area contributed by atoms with Crippen LogP contribution < -0.4 is 11.1 Å². The summed E-state index contributed by atoms with van der Waals surface area (Å²) in [5.74, 6) is 0.956. The quantitative estimate of drug-likeness (QED) is 0.686. The molecule has 0 fully saturated rings. The van der Waals surface area contributed by atoms with Crippen molar-refractivity contribution in [2.45, 2.75) is 6.54 Å². The van der Waals surface area contributed by atoms with E-state index in [2.05, 4.69) is 30.4 Å². The molecule has 0 atom stereocenters. The Morgan fingerprint density at radius 3 is 2.85 bits per heavy atom. The van der Waals surface area contributed by atoms with Gasteiger partial charge in [-0.2, -0.15) is 20.1 Å². The van der Waals surface area contributed by atoms with Gasteiger partial charge in [-0.3, -0.25) is 9.25 Å². The first-order chi connectivity index (χ1) is 9.70. The third kappa shape index (κ3) is 2.55. The van der Waals surface area contributed by atoms with Crippen LogP contribution in [0.4, 0.5) is 11.9 Å². The van der Waals surface area contributed by atoms with Gasteiger partial charge in [-0.05, 0) is 6.07 Å². The molecular weight excluding hydrogens is 258 g/mol. The molecule has 0 amide bonds. The van der Waals surface area contributed by atoms with Crippen LogP contribution in [0, 0.1) is 0 Å². The molecule has 0 spiro atoms. The number of nitrogens with zero attached hydrogens (tertiary/aromatic N) is 7. The number of hydrogen-bond donors (Lipinski definition) is 2. The minimum atomic E-state index is 0.146. The largest absolute Gasteiger partial charge is 0.368 e. The van der Waals surface area contributed by atoms with Crippen molar-refractivity contribution in [1.82, 2.24) is 34.3 Å². The number of hydrogen-bond acceptors (Lipinski definition) is 7. The summed E-state index contributed by atoms with van der Waals surface area (Å²) in [6.45, 7) is 0.508. The highest BCUT2D eigenvalue weighted by Gasteiger charge is 2.06. The van der Waals surface area contributed by atoms with Crippen molar-refractivity contribution < 1.29 is 0 Å². The molecule has 0 saturated carbocycles. The maximum Gasteiger partial charge on any atom is 0.241 e. The minimum Gasteiger partial charge on any atom is -0.368 e. The summed E-state index contributed by atoms with van der Waals surface area (Å²) in [6.07, 6.45) is 6.84. The van der Waals surface area contributed by atoms with Crippen molar-refractivity contribution in [3.8, 4) is 5.95 Å². The average Bonchev–Trinajstić information content (AvgIpc) is 3.07. The zero-order chi connectivity index (χ0) is 13.9. The molecule has 0 saturated heterocycles. The molecule has 9 heteroatoms. The molecule has 0 unspecified atom stereocenters. The van der Waals surface area contributed by atoms with Crippen molar-refractivity contribution in [3.05, 3.63) is 36.7 Å². The van der Waals surface area contributed by atoms with Crippen LogP contribution in [0.3, 0.4) is 0 Å². The second kappa shape index (κ2) is 4.96. The van der Waals surface area contributed by atoms with E-state index in [9.17, 15) is 0 Å². The lowest BCUT2D eigenvalue weighted by Crippen LogP contribution is -2.11. The highest BCUT2D eigenvalue weighted by Crippen LogP contribution is 2.08. The fourth-order valence-electron chi connectivity index (χ4n) is 1.68. The van der Waals surface area contributed by atoms with Crippen LogP contribution in [0.5, 0.6) is 0 Å². The maximum absolute atomic E-state index is 5.68. The fraction of sp³-hybridized carbons (Fsp3) is 0.182. The molecule has 9 nitrogen and oxygen atoms in total. The van der Waals surface area contributed by atoms with E-state index in [0.29, 0.717) is 18.4 Å². The number of rotatable bonds is 4. The van der Waals surface area contributed by atoms with E-state index in [1.54, 1.807) is 28.0 Å². The topological polar surface area (TPSA) is 112 Å². The monoisotopic (exact) mass is 271 g/mol. The molecular formula is C11H13N9. The Bertz CT molecular complexity index is 701. The average molecular weight is 271 g/mol. The Labute approximate surface area is 114 Å². The van der Waals surface area contributed by atoms with Gasteiger partial charge in [0.25, 0.3) is 0 Å². The third-order valence-corrected chi connectivity index (χ3v) is 2.57. The first kappa shape index (κ1) is 12.1. The van der Waals surface area contributed by atoms with E-state index >= 15 is 0 Å². The molecule has 0 aliphatic rings. The van der Waals surface area contributed by atoms with E-state index in [1.165, 1.54) is 0 Å². The first-order valence-electron chi connectivity index (χ1n) is 5.93. The SMILES string of the molecule is Cn1ccc(CNc2nc(N)nc(-n3ccnc3)n2)n1. The Kier molecular flexibility index (Phi) is 2.99. The smallest absolute Gasteiger partial charge is 0.241 e. The summed E-state index contributed by atoms with van der Waals surface area (Å²) in [4.78, 5) is 16.3. The van der Waals surface area contributed by atoms with Crippen LogP contribution in [0.25, 0.3) is 5.95 Å². The maximum atomic E-state index is 5.68. The van der Waals surface area contributed by atoms with Crippen LogP contribution in [0.15, 0.2) is 31.0 Å². The fourth-order valence-corrected chi connectivity index (χ4v) is 1.68. The molecule has 3 aromatic rings. The highest BCUT2D eigenvalue weighted by atomic mass is 15.3. The first-order valence-corrected chi connectivity index (χ1v) is 5.93. The molecule has 0 aliphatic carbocycles. The lowest BCUT2D eigenvalue weighted by Gasteiger charge is -2.06. The van der Waals surface area contributed by atoms with Gasteiger partial charge < -0.3 is 11.1 Å². The molecule has 3 heterocycles. The van der Waals surface area contributed by atoms with Gasteiger partial charge >= 0.3 is 0 Å². The number of aryl methyl sites for hydroxylation is 1.